The number of ether oxygens (including phenoxy) is 1. The lowest BCUT2D eigenvalue weighted by molar-refractivity contribution is 0.395. The molecule has 0 aromatic heterocycles. The molecule has 1 aliphatic rings. The van der Waals surface area contributed by atoms with Crippen molar-refractivity contribution in [2.45, 2.75) is 5.92 Å². The van der Waals surface area contributed by atoms with E-state index in [-0.39, 0.29) is 11.7 Å². The van der Waals surface area contributed by atoms with Gasteiger partial charge in [-0.25, -0.2) is 4.39 Å². The first-order chi connectivity index (χ1) is 12.1. The number of allylic oxidation sites excluding steroid dienone is 1. The number of hydrogen-bond donors (Lipinski definition) is 1. The van der Waals surface area contributed by atoms with Crippen LogP contribution >= 0.6 is 15.9 Å². The summed E-state index contributed by atoms with van der Waals surface area (Å²) in [6.07, 6.45) is 0. The van der Waals surface area contributed by atoms with Crippen molar-refractivity contribution in [1.82, 2.24) is 0 Å². The molecule has 3 aromatic rings. The summed E-state index contributed by atoms with van der Waals surface area (Å²) in [6.45, 7) is 0. The van der Waals surface area contributed by atoms with Gasteiger partial charge in [-0.05, 0) is 46.7 Å². The second kappa shape index (κ2) is 5.91. The van der Waals surface area contributed by atoms with Gasteiger partial charge in [0.1, 0.15) is 23.2 Å². The lowest BCUT2D eigenvalue weighted by Gasteiger charge is -2.28. The smallest absolute Gasteiger partial charge is 0.205 e. The third-order valence-corrected chi connectivity index (χ3v) is 4.86. The van der Waals surface area contributed by atoms with Crippen molar-refractivity contribution < 1.29 is 9.13 Å². The number of fused-ring (bicyclic) bond motifs is 3. The molecule has 0 saturated carbocycles. The number of benzene rings is 3. The van der Waals surface area contributed by atoms with E-state index in [9.17, 15) is 9.65 Å². The molecule has 3 nitrogen and oxygen atoms in total. The van der Waals surface area contributed by atoms with Crippen LogP contribution in [0.1, 0.15) is 17.0 Å². The number of hydrogen-bond acceptors (Lipinski definition) is 3. The van der Waals surface area contributed by atoms with Crippen molar-refractivity contribution in [1.29, 1.82) is 5.26 Å². The van der Waals surface area contributed by atoms with E-state index in [1.807, 2.05) is 30.3 Å². The first-order valence-electron chi connectivity index (χ1n) is 7.63. The Labute approximate surface area is 152 Å². The minimum absolute atomic E-state index is 0.0841. The normalized spacial score (nSPS) is 16.3. The van der Waals surface area contributed by atoms with Gasteiger partial charge >= 0.3 is 0 Å². The molecular weight excluding hydrogens is 383 g/mol. The minimum Gasteiger partial charge on any atom is -0.440 e. The fourth-order valence-electron chi connectivity index (χ4n) is 3.26. The molecular formula is C20H12BrFN2O. The Hall–Kier alpha value is -2.84. The summed E-state index contributed by atoms with van der Waals surface area (Å²) in [5, 5.41) is 11.6. The molecule has 4 rings (SSSR count). The molecule has 0 amide bonds. The van der Waals surface area contributed by atoms with Gasteiger partial charge in [0.2, 0.25) is 5.88 Å². The summed E-state index contributed by atoms with van der Waals surface area (Å²) in [5.74, 6) is -0.0333. The van der Waals surface area contributed by atoms with Gasteiger partial charge in [-0.1, -0.05) is 40.2 Å². The average molecular weight is 395 g/mol. The summed E-state index contributed by atoms with van der Waals surface area (Å²) in [7, 11) is 0. The zero-order chi connectivity index (χ0) is 17.6. The summed E-state index contributed by atoms with van der Waals surface area (Å²) in [5.41, 5.74) is 7.97. The maximum Gasteiger partial charge on any atom is 0.205 e. The van der Waals surface area contributed by atoms with Crippen molar-refractivity contribution >= 4 is 26.7 Å². The number of halogens is 2. The van der Waals surface area contributed by atoms with Crippen LogP contribution in [0.3, 0.4) is 0 Å². The third-order valence-electron chi connectivity index (χ3n) is 4.37. The van der Waals surface area contributed by atoms with Crippen LogP contribution in [0.15, 0.2) is 70.5 Å². The summed E-state index contributed by atoms with van der Waals surface area (Å²) in [4.78, 5) is 0. The molecule has 1 unspecified atom stereocenters. The molecule has 1 atom stereocenters. The Kier molecular flexibility index (Phi) is 3.70. The zero-order valence-electron chi connectivity index (χ0n) is 13.0. The highest BCUT2D eigenvalue weighted by atomic mass is 79.9. The van der Waals surface area contributed by atoms with E-state index in [0.29, 0.717) is 11.3 Å². The summed E-state index contributed by atoms with van der Waals surface area (Å²) in [6, 6.07) is 18.0. The number of nitrogens with zero attached hydrogens (tertiary/aromatic N) is 1. The second-order valence-corrected chi connectivity index (χ2v) is 6.73. The van der Waals surface area contributed by atoms with E-state index < -0.39 is 5.92 Å². The van der Waals surface area contributed by atoms with Crippen LogP contribution in [0.25, 0.3) is 10.8 Å². The fourth-order valence-corrected chi connectivity index (χ4v) is 3.64. The predicted octanol–water partition coefficient (Wildman–Crippen LogP) is 4.96. The standard InChI is InChI=1S/C20H12BrFN2O/c21-13-4-7-15-12(9-13)3-8-17-19(15)18(16(10-23)20(24)25-17)11-1-5-14(22)6-2-11/h1-9,18H,24H2. The third kappa shape index (κ3) is 2.55. The van der Waals surface area contributed by atoms with Gasteiger partial charge in [0.25, 0.3) is 0 Å². The van der Waals surface area contributed by atoms with Crippen LogP contribution in [-0.2, 0) is 0 Å². The highest BCUT2D eigenvalue weighted by Crippen LogP contribution is 2.45. The van der Waals surface area contributed by atoms with E-state index in [4.69, 9.17) is 10.5 Å². The van der Waals surface area contributed by atoms with Crippen LogP contribution < -0.4 is 10.5 Å². The van der Waals surface area contributed by atoms with Gasteiger partial charge in [-0.15, -0.1) is 0 Å². The number of rotatable bonds is 1. The quantitative estimate of drug-likeness (QED) is 0.634. The lowest BCUT2D eigenvalue weighted by atomic mass is 9.81. The topological polar surface area (TPSA) is 59.0 Å². The summed E-state index contributed by atoms with van der Waals surface area (Å²) < 4.78 is 20.0. The van der Waals surface area contributed by atoms with Crippen molar-refractivity contribution in [2.75, 3.05) is 0 Å². The summed E-state index contributed by atoms with van der Waals surface area (Å²) >= 11 is 3.48. The van der Waals surface area contributed by atoms with Crippen molar-refractivity contribution in [3.63, 3.8) is 0 Å². The number of nitrogens with two attached hydrogens (primary N) is 1. The molecule has 0 aliphatic carbocycles. The lowest BCUT2D eigenvalue weighted by Crippen LogP contribution is -2.21. The predicted molar refractivity (Wildman–Crippen MR) is 97.3 cm³/mol. The average Bonchev–Trinajstić information content (AvgIpc) is 2.61. The van der Waals surface area contributed by atoms with E-state index in [2.05, 4.69) is 22.0 Å². The molecule has 0 spiro atoms. The van der Waals surface area contributed by atoms with Gasteiger partial charge < -0.3 is 10.5 Å². The SMILES string of the molecule is N#CC1=C(N)Oc2ccc3cc(Br)ccc3c2C1c1ccc(F)cc1. The maximum absolute atomic E-state index is 13.4. The van der Waals surface area contributed by atoms with Gasteiger partial charge in [0.05, 0.1) is 5.92 Å². The highest BCUT2D eigenvalue weighted by Gasteiger charge is 2.32. The molecule has 1 aliphatic heterocycles. The van der Waals surface area contributed by atoms with Crippen molar-refractivity contribution in [2.24, 2.45) is 5.73 Å². The van der Waals surface area contributed by atoms with Crippen molar-refractivity contribution in [3.8, 4) is 11.8 Å². The first-order valence-corrected chi connectivity index (χ1v) is 8.43. The van der Waals surface area contributed by atoms with Gasteiger partial charge in [0.15, 0.2) is 0 Å². The largest absolute Gasteiger partial charge is 0.440 e. The number of nitriles is 1. The molecule has 5 heteroatoms. The zero-order valence-corrected chi connectivity index (χ0v) is 14.5. The van der Waals surface area contributed by atoms with Gasteiger partial charge in [0, 0.05) is 10.0 Å². The molecule has 0 bridgehead atoms. The van der Waals surface area contributed by atoms with Crippen LogP contribution in [0.2, 0.25) is 0 Å². The highest BCUT2D eigenvalue weighted by molar-refractivity contribution is 9.10. The van der Waals surface area contributed by atoms with E-state index in [0.717, 1.165) is 26.4 Å². The van der Waals surface area contributed by atoms with Crippen LogP contribution in [0, 0.1) is 17.1 Å². The Morgan fingerprint density at radius 1 is 1.08 bits per heavy atom. The molecule has 3 aromatic carbocycles. The van der Waals surface area contributed by atoms with Gasteiger partial charge in [-0.3, -0.25) is 0 Å². The molecule has 0 radical (unpaired) electrons. The Morgan fingerprint density at radius 2 is 1.84 bits per heavy atom. The molecule has 0 saturated heterocycles. The Bertz CT molecular complexity index is 1070. The Morgan fingerprint density at radius 3 is 2.56 bits per heavy atom. The molecule has 0 fully saturated rings. The first kappa shape index (κ1) is 15.7. The molecule has 122 valence electrons. The van der Waals surface area contributed by atoms with Gasteiger partial charge in [-0.2, -0.15) is 5.26 Å². The van der Waals surface area contributed by atoms with E-state index >= 15 is 0 Å². The maximum atomic E-state index is 13.4. The molecule has 1 heterocycles. The minimum atomic E-state index is -0.403. The fraction of sp³-hybridized carbons (Fsp3) is 0.0500. The van der Waals surface area contributed by atoms with E-state index in [1.54, 1.807) is 12.1 Å². The van der Waals surface area contributed by atoms with Crippen LogP contribution in [0.4, 0.5) is 4.39 Å². The van der Waals surface area contributed by atoms with Crippen LogP contribution in [0.5, 0.6) is 5.75 Å². The van der Waals surface area contributed by atoms with E-state index in [1.165, 1.54) is 12.1 Å². The molecule has 25 heavy (non-hydrogen) atoms. The Balaban J connectivity index is 2.05. The van der Waals surface area contributed by atoms with Crippen molar-refractivity contribution in [3.05, 3.63) is 87.5 Å². The second-order valence-electron chi connectivity index (χ2n) is 5.82. The van der Waals surface area contributed by atoms with Crippen LogP contribution in [-0.4, -0.2) is 0 Å². The molecule has 2 N–H and O–H groups in total. The monoisotopic (exact) mass is 394 g/mol.